The summed E-state index contributed by atoms with van der Waals surface area (Å²) < 4.78 is 11.8. The zero-order chi connectivity index (χ0) is 16.4. The summed E-state index contributed by atoms with van der Waals surface area (Å²) in [7, 11) is 1.29. The predicted molar refractivity (Wildman–Crippen MR) is 81.9 cm³/mol. The summed E-state index contributed by atoms with van der Waals surface area (Å²) in [6, 6.07) is 9.71. The molecule has 0 amide bonds. The van der Waals surface area contributed by atoms with Crippen LogP contribution in [0.15, 0.2) is 42.9 Å². The van der Waals surface area contributed by atoms with Gasteiger partial charge in [0.25, 0.3) is 0 Å². The first-order chi connectivity index (χ1) is 11.1. The summed E-state index contributed by atoms with van der Waals surface area (Å²) in [6.45, 7) is 1.97. The van der Waals surface area contributed by atoms with E-state index < -0.39 is 17.5 Å². The molecule has 0 saturated heterocycles. The van der Waals surface area contributed by atoms with Crippen molar-refractivity contribution in [1.29, 1.82) is 0 Å². The molecule has 1 unspecified atom stereocenters. The minimum atomic E-state index is -1.11. The number of nitrogens with zero attached hydrogens (tertiary/aromatic N) is 2. The molecule has 1 heterocycles. The summed E-state index contributed by atoms with van der Waals surface area (Å²) in [5, 5.41) is 0. The molecule has 1 fully saturated rings. The summed E-state index contributed by atoms with van der Waals surface area (Å²) >= 11 is 0. The van der Waals surface area contributed by atoms with Gasteiger partial charge >= 0.3 is 11.9 Å². The number of hydrogen-bond donors (Lipinski definition) is 0. The maximum atomic E-state index is 12.4. The fourth-order valence-electron chi connectivity index (χ4n) is 2.54. The number of ether oxygens (including phenoxy) is 2. The standard InChI is InChI=1S/C17H18N2O4/c1-12(13-6-4-3-5-7-13)19-11-18-10-14(19)15(20)23-17(8-9-17)16(21)22-2/h3-7,10-12H,8-9H2,1-2H3. The fourth-order valence-corrected chi connectivity index (χ4v) is 2.54. The lowest BCUT2D eigenvalue weighted by Crippen LogP contribution is -2.31. The van der Waals surface area contributed by atoms with Crippen LogP contribution in [-0.4, -0.2) is 34.2 Å². The molecule has 1 aliphatic rings. The SMILES string of the molecule is COC(=O)C1(OC(=O)c2cncn2C(C)c2ccccc2)CC1. The van der Waals surface area contributed by atoms with E-state index in [2.05, 4.69) is 4.98 Å². The van der Waals surface area contributed by atoms with Crippen molar-refractivity contribution in [2.75, 3.05) is 7.11 Å². The quantitative estimate of drug-likeness (QED) is 0.792. The first kappa shape index (κ1) is 15.3. The zero-order valence-electron chi connectivity index (χ0n) is 13.1. The molecule has 120 valence electrons. The van der Waals surface area contributed by atoms with Crippen LogP contribution < -0.4 is 0 Å². The van der Waals surface area contributed by atoms with Crippen LogP contribution in [0.5, 0.6) is 0 Å². The third-order valence-electron chi connectivity index (χ3n) is 4.12. The molecule has 0 aliphatic heterocycles. The monoisotopic (exact) mass is 314 g/mol. The Morgan fingerprint density at radius 3 is 2.57 bits per heavy atom. The Kier molecular flexibility index (Phi) is 3.90. The number of benzene rings is 1. The molecule has 1 saturated carbocycles. The predicted octanol–water partition coefficient (Wildman–Crippen LogP) is 2.35. The topological polar surface area (TPSA) is 70.4 Å². The van der Waals surface area contributed by atoms with Crippen LogP contribution in [-0.2, 0) is 14.3 Å². The van der Waals surface area contributed by atoms with Gasteiger partial charge in [0.2, 0.25) is 5.60 Å². The van der Waals surface area contributed by atoms with Crippen LogP contribution in [0.3, 0.4) is 0 Å². The normalized spacial score (nSPS) is 16.4. The lowest BCUT2D eigenvalue weighted by molar-refractivity contribution is -0.153. The van der Waals surface area contributed by atoms with E-state index in [0.29, 0.717) is 18.5 Å². The van der Waals surface area contributed by atoms with E-state index in [4.69, 9.17) is 9.47 Å². The van der Waals surface area contributed by atoms with Crippen molar-refractivity contribution in [1.82, 2.24) is 9.55 Å². The molecule has 23 heavy (non-hydrogen) atoms. The van der Waals surface area contributed by atoms with E-state index in [0.717, 1.165) is 5.56 Å². The Balaban J connectivity index is 1.81. The Morgan fingerprint density at radius 2 is 1.96 bits per heavy atom. The largest absolute Gasteiger partial charge is 0.466 e. The number of rotatable bonds is 5. The van der Waals surface area contributed by atoms with Gasteiger partial charge in [0.1, 0.15) is 5.69 Å². The van der Waals surface area contributed by atoms with Crippen molar-refractivity contribution in [2.45, 2.75) is 31.4 Å². The van der Waals surface area contributed by atoms with Crippen molar-refractivity contribution in [2.24, 2.45) is 0 Å². The molecule has 1 aliphatic carbocycles. The second kappa shape index (κ2) is 5.87. The van der Waals surface area contributed by atoms with E-state index in [1.54, 1.807) is 10.9 Å². The van der Waals surface area contributed by atoms with Gasteiger partial charge < -0.3 is 14.0 Å². The van der Waals surface area contributed by atoms with E-state index in [-0.39, 0.29) is 6.04 Å². The average Bonchev–Trinajstić information content (AvgIpc) is 3.19. The molecule has 2 aromatic rings. The number of esters is 2. The Hall–Kier alpha value is -2.63. The minimum Gasteiger partial charge on any atom is -0.466 e. The van der Waals surface area contributed by atoms with E-state index >= 15 is 0 Å². The molecule has 1 atom stereocenters. The van der Waals surface area contributed by atoms with E-state index in [9.17, 15) is 9.59 Å². The van der Waals surface area contributed by atoms with Crippen LogP contribution in [0.1, 0.15) is 41.9 Å². The smallest absolute Gasteiger partial charge is 0.357 e. The molecule has 3 rings (SSSR count). The molecule has 0 spiro atoms. The first-order valence-corrected chi connectivity index (χ1v) is 7.46. The molecule has 1 aromatic heterocycles. The molecule has 0 bridgehead atoms. The lowest BCUT2D eigenvalue weighted by atomic mass is 10.1. The highest BCUT2D eigenvalue weighted by Crippen LogP contribution is 2.41. The van der Waals surface area contributed by atoms with Gasteiger partial charge in [-0.25, -0.2) is 14.6 Å². The van der Waals surface area contributed by atoms with Crippen LogP contribution >= 0.6 is 0 Å². The number of carbonyl (C=O) groups excluding carboxylic acids is 2. The Bertz CT molecular complexity index is 719. The van der Waals surface area contributed by atoms with Gasteiger partial charge in [0.05, 0.1) is 25.7 Å². The number of hydrogen-bond acceptors (Lipinski definition) is 5. The van der Waals surface area contributed by atoms with Crippen molar-refractivity contribution in [3.8, 4) is 0 Å². The van der Waals surface area contributed by atoms with Gasteiger partial charge in [0.15, 0.2) is 0 Å². The van der Waals surface area contributed by atoms with Crippen molar-refractivity contribution < 1.29 is 19.1 Å². The molecule has 0 radical (unpaired) electrons. The number of carbonyl (C=O) groups is 2. The maximum Gasteiger partial charge on any atom is 0.357 e. The van der Waals surface area contributed by atoms with Crippen molar-refractivity contribution >= 4 is 11.9 Å². The van der Waals surface area contributed by atoms with Gasteiger partial charge in [-0.15, -0.1) is 0 Å². The Morgan fingerprint density at radius 1 is 1.26 bits per heavy atom. The fraction of sp³-hybridized carbons (Fsp3) is 0.353. The van der Waals surface area contributed by atoms with E-state index in [1.807, 2.05) is 37.3 Å². The van der Waals surface area contributed by atoms with E-state index in [1.165, 1.54) is 13.3 Å². The Labute approximate surface area is 134 Å². The van der Waals surface area contributed by atoms with Gasteiger partial charge in [-0.05, 0) is 12.5 Å². The molecule has 0 N–H and O–H groups in total. The zero-order valence-corrected chi connectivity index (χ0v) is 13.1. The van der Waals surface area contributed by atoms with Gasteiger partial charge in [0, 0.05) is 12.8 Å². The third-order valence-corrected chi connectivity index (χ3v) is 4.12. The van der Waals surface area contributed by atoms with Crippen molar-refractivity contribution in [3.05, 3.63) is 54.1 Å². The lowest BCUT2D eigenvalue weighted by Gasteiger charge is -2.18. The van der Waals surface area contributed by atoms with Crippen LogP contribution in [0.25, 0.3) is 0 Å². The van der Waals surface area contributed by atoms with Crippen molar-refractivity contribution in [3.63, 3.8) is 0 Å². The molecular formula is C17H18N2O4. The second-order valence-electron chi connectivity index (χ2n) is 5.65. The second-order valence-corrected chi connectivity index (χ2v) is 5.65. The van der Waals surface area contributed by atoms with Gasteiger partial charge in [-0.1, -0.05) is 30.3 Å². The minimum absolute atomic E-state index is 0.0745. The highest BCUT2D eigenvalue weighted by Gasteiger charge is 2.55. The average molecular weight is 314 g/mol. The van der Waals surface area contributed by atoms with Crippen LogP contribution in [0.2, 0.25) is 0 Å². The molecule has 6 heteroatoms. The molecule has 6 nitrogen and oxygen atoms in total. The number of imidazole rings is 1. The summed E-state index contributed by atoms with van der Waals surface area (Å²) in [4.78, 5) is 28.2. The summed E-state index contributed by atoms with van der Waals surface area (Å²) in [5.74, 6) is -1.07. The van der Waals surface area contributed by atoms with Crippen LogP contribution in [0.4, 0.5) is 0 Å². The highest BCUT2D eigenvalue weighted by molar-refractivity contribution is 5.92. The number of methoxy groups -OCH3 is 1. The highest BCUT2D eigenvalue weighted by atomic mass is 16.6. The first-order valence-electron chi connectivity index (χ1n) is 7.46. The molecular weight excluding hydrogens is 296 g/mol. The summed E-state index contributed by atoms with van der Waals surface area (Å²) in [5.41, 5.74) is 0.252. The van der Waals surface area contributed by atoms with Gasteiger partial charge in [-0.3, -0.25) is 0 Å². The molecule has 1 aromatic carbocycles. The number of aromatic nitrogens is 2. The third kappa shape index (κ3) is 2.84. The summed E-state index contributed by atoms with van der Waals surface area (Å²) in [6.07, 6.45) is 4.03. The van der Waals surface area contributed by atoms with Gasteiger partial charge in [-0.2, -0.15) is 0 Å². The van der Waals surface area contributed by atoms with Crippen LogP contribution in [0, 0.1) is 0 Å². The maximum absolute atomic E-state index is 12.4.